The van der Waals surface area contributed by atoms with Gasteiger partial charge in [0.15, 0.2) is 0 Å². The number of amides is 2. The van der Waals surface area contributed by atoms with Crippen LogP contribution < -0.4 is 10.7 Å². The Morgan fingerprint density at radius 3 is 2.36 bits per heavy atom. The second-order valence-electron chi connectivity index (χ2n) is 4.18. The highest BCUT2D eigenvalue weighted by Crippen LogP contribution is 2.14. The lowest BCUT2D eigenvalue weighted by Crippen LogP contribution is -2.24. The molecule has 0 heterocycles. The topological polar surface area (TPSA) is 96.6 Å². The Morgan fingerprint density at radius 2 is 1.77 bits per heavy atom. The summed E-state index contributed by atoms with van der Waals surface area (Å²) in [5.41, 5.74) is 3.57. The van der Waals surface area contributed by atoms with Crippen molar-refractivity contribution >= 4 is 39.6 Å². The Morgan fingerprint density at radius 1 is 1.14 bits per heavy atom. The number of hydrazone groups is 1. The third kappa shape index (κ3) is 4.67. The normalized spacial score (nSPS) is 10.4. The number of hydrogen-bond acceptors (Lipinski definition) is 4. The first-order valence-corrected chi connectivity index (χ1v) is 6.94. The molecular formula is C14H11BrN4O3. The summed E-state index contributed by atoms with van der Waals surface area (Å²) in [6.07, 6.45) is 1.39. The first-order valence-electron chi connectivity index (χ1n) is 6.15. The molecule has 0 aliphatic rings. The number of carbonyl (C=O) groups excluding carboxylic acids is 1. The van der Waals surface area contributed by atoms with E-state index in [1.165, 1.54) is 30.5 Å². The average Bonchev–Trinajstić information content (AvgIpc) is 2.50. The van der Waals surface area contributed by atoms with E-state index >= 15 is 0 Å². The van der Waals surface area contributed by atoms with E-state index in [1.54, 1.807) is 24.3 Å². The zero-order valence-corrected chi connectivity index (χ0v) is 12.8. The number of rotatable bonds is 4. The number of nitrogens with one attached hydrogen (secondary N) is 2. The molecule has 0 atom stereocenters. The number of nitro benzene ring substituents is 1. The monoisotopic (exact) mass is 362 g/mol. The first-order chi connectivity index (χ1) is 10.5. The fourth-order valence-electron chi connectivity index (χ4n) is 1.54. The molecule has 0 saturated heterocycles. The Balaban J connectivity index is 1.87. The molecule has 7 nitrogen and oxygen atoms in total. The second kappa shape index (κ2) is 7.32. The van der Waals surface area contributed by atoms with Crippen LogP contribution in [0.5, 0.6) is 0 Å². The van der Waals surface area contributed by atoms with Gasteiger partial charge in [-0.25, -0.2) is 10.2 Å². The first kappa shape index (κ1) is 15.6. The van der Waals surface area contributed by atoms with Crippen molar-refractivity contribution in [1.82, 2.24) is 5.43 Å². The number of hydrogen-bond donors (Lipinski definition) is 2. The number of anilines is 1. The highest BCUT2D eigenvalue weighted by atomic mass is 79.9. The second-order valence-corrected chi connectivity index (χ2v) is 5.10. The average molecular weight is 363 g/mol. The minimum absolute atomic E-state index is 0.00177. The van der Waals surface area contributed by atoms with Crippen LogP contribution >= 0.6 is 15.9 Å². The predicted octanol–water partition coefficient (Wildman–Crippen LogP) is 3.51. The molecule has 112 valence electrons. The van der Waals surface area contributed by atoms with Crippen molar-refractivity contribution in [3.05, 3.63) is 68.7 Å². The van der Waals surface area contributed by atoms with Gasteiger partial charge >= 0.3 is 6.03 Å². The van der Waals surface area contributed by atoms with Crippen molar-refractivity contribution in [2.24, 2.45) is 5.10 Å². The number of carbonyl (C=O) groups is 1. The fourth-order valence-corrected chi connectivity index (χ4v) is 1.80. The van der Waals surface area contributed by atoms with E-state index in [0.717, 1.165) is 4.47 Å². The van der Waals surface area contributed by atoms with Gasteiger partial charge < -0.3 is 5.32 Å². The predicted molar refractivity (Wildman–Crippen MR) is 87.0 cm³/mol. The van der Waals surface area contributed by atoms with E-state index in [-0.39, 0.29) is 5.69 Å². The minimum atomic E-state index is -0.486. The van der Waals surface area contributed by atoms with Gasteiger partial charge in [0.2, 0.25) is 0 Å². The van der Waals surface area contributed by atoms with Gasteiger partial charge in [0.05, 0.1) is 11.1 Å². The van der Waals surface area contributed by atoms with Gasteiger partial charge in [-0.15, -0.1) is 0 Å². The van der Waals surface area contributed by atoms with Crippen molar-refractivity contribution in [1.29, 1.82) is 0 Å². The van der Waals surface area contributed by atoms with Crippen molar-refractivity contribution in [3.8, 4) is 0 Å². The van der Waals surface area contributed by atoms with Gasteiger partial charge in [0.1, 0.15) is 0 Å². The summed E-state index contributed by atoms with van der Waals surface area (Å²) in [6.45, 7) is 0. The van der Waals surface area contributed by atoms with Crippen LogP contribution in [0.1, 0.15) is 5.56 Å². The van der Waals surface area contributed by atoms with E-state index in [1.807, 2.05) is 0 Å². The van der Waals surface area contributed by atoms with Gasteiger partial charge in [0, 0.05) is 22.3 Å². The number of urea groups is 1. The summed E-state index contributed by atoms with van der Waals surface area (Å²) in [5.74, 6) is 0. The molecule has 8 heteroatoms. The number of benzene rings is 2. The van der Waals surface area contributed by atoms with E-state index in [0.29, 0.717) is 11.3 Å². The molecule has 0 radical (unpaired) electrons. The van der Waals surface area contributed by atoms with Gasteiger partial charge in [0.25, 0.3) is 5.69 Å². The Kier molecular flexibility index (Phi) is 5.21. The lowest BCUT2D eigenvalue weighted by Gasteiger charge is -2.03. The quantitative estimate of drug-likeness (QED) is 0.494. The maximum Gasteiger partial charge on any atom is 0.339 e. The molecule has 0 spiro atoms. The van der Waals surface area contributed by atoms with Crippen LogP contribution in [0.15, 0.2) is 58.1 Å². The highest BCUT2D eigenvalue weighted by molar-refractivity contribution is 9.10. The number of non-ortho nitro benzene ring substituents is 1. The Labute approximate surface area is 134 Å². The molecule has 0 aromatic heterocycles. The third-order valence-corrected chi connectivity index (χ3v) is 3.11. The van der Waals surface area contributed by atoms with Crippen LogP contribution in [0, 0.1) is 10.1 Å². The summed E-state index contributed by atoms with van der Waals surface area (Å²) in [5, 5.41) is 16.9. The molecule has 0 unspecified atom stereocenters. The van der Waals surface area contributed by atoms with Crippen LogP contribution in [0.2, 0.25) is 0 Å². The Hall–Kier alpha value is -2.74. The summed E-state index contributed by atoms with van der Waals surface area (Å²) < 4.78 is 0.912. The number of nitrogens with zero attached hydrogens (tertiary/aromatic N) is 2. The molecular weight excluding hydrogens is 352 g/mol. The lowest BCUT2D eigenvalue weighted by atomic mass is 10.2. The maximum absolute atomic E-state index is 11.6. The summed E-state index contributed by atoms with van der Waals surface area (Å²) >= 11 is 3.30. The van der Waals surface area contributed by atoms with Gasteiger partial charge in [-0.2, -0.15) is 5.10 Å². The maximum atomic E-state index is 11.6. The van der Waals surface area contributed by atoms with Crippen molar-refractivity contribution < 1.29 is 9.72 Å². The fraction of sp³-hybridized carbons (Fsp3) is 0. The highest BCUT2D eigenvalue weighted by Gasteiger charge is 2.03. The zero-order valence-electron chi connectivity index (χ0n) is 11.2. The smallest absolute Gasteiger partial charge is 0.307 e. The molecule has 0 bridgehead atoms. The van der Waals surface area contributed by atoms with Crippen LogP contribution in [-0.4, -0.2) is 17.2 Å². The zero-order chi connectivity index (χ0) is 15.9. The van der Waals surface area contributed by atoms with Crippen LogP contribution in [0.25, 0.3) is 0 Å². The molecule has 2 N–H and O–H groups in total. The number of halogens is 1. The molecule has 2 aromatic rings. The molecule has 2 amide bonds. The number of nitro groups is 1. The SMILES string of the molecule is O=C(NN=Cc1ccc([N+](=O)[O-])cc1)Nc1ccc(Br)cc1. The van der Waals surface area contributed by atoms with Gasteiger partial charge in [-0.1, -0.05) is 15.9 Å². The summed E-state index contributed by atoms with van der Waals surface area (Å²) in [7, 11) is 0. The van der Waals surface area contributed by atoms with Crippen molar-refractivity contribution in [2.75, 3.05) is 5.32 Å². The van der Waals surface area contributed by atoms with Crippen LogP contribution in [-0.2, 0) is 0 Å². The largest absolute Gasteiger partial charge is 0.339 e. The van der Waals surface area contributed by atoms with E-state index in [9.17, 15) is 14.9 Å². The lowest BCUT2D eigenvalue weighted by molar-refractivity contribution is -0.384. The molecule has 0 saturated carbocycles. The van der Waals surface area contributed by atoms with E-state index < -0.39 is 11.0 Å². The molecule has 2 aromatic carbocycles. The van der Waals surface area contributed by atoms with Crippen molar-refractivity contribution in [2.45, 2.75) is 0 Å². The summed E-state index contributed by atoms with van der Waals surface area (Å²) in [4.78, 5) is 21.6. The molecule has 0 fully saturated rings. The standard InChI is InChI=1S/C14H11BrN4O3/c15-11-3-5-12(6-4-11)17-14(20)18-16-9-10-1-7-13(8-2-10)19(21)22/h1-9H,(H2,17,18,20). The molecule has 2 rings (SSSR count). The molecule has 22 heavy (non-hydrogen) atoms. The third-order valence-electron chi connectivity index (χ3n) is 2.59. The molecule has 0 aliphatic heterocycles. The van der Waals surface area contributed by atoms with Crippen molar-refractivity contribution in [3.63, 3.8) is 0 Å². The van der Waals surface area contributed by atoms with E-state index in [4.69, 9.17) is 0 Å². The van der Waals surface area contributed by atoms with Crippen LogP contribution in [0.3, 0.4) is 0 Å². The van der Waals surface area contributed by atoms with Gasteiger partial charge in [-0.3, -0.25) is 10.1 Å². The van der Waals surface area contributed by atoms with E-state index in [2.05, 4.69) is 31.8 Å². The van der Waals surface area contributed by atoms with Gasteiger partial charge in [-0.05, 0) is 42.0 Å². The summed E-state index contributed by atoms with van der Waals surface area (Å²) in [6, 6.07) is 12.4. The Bertz CT molecular complexity index is 699. The minimum Gasteiger partial charge on any atom is -0.307 e. The van der Waals surface area contributed by atoms with Crippen LogP contribution in [0.4, 0.5) is 16.2 Å². The molecule has 0 aliphatic carbocycles.